The van der Waals surface area contributed by atoms with Crippen LogP contribution in [-0.2, 0) is 4.79 Å². The van der Waals surface area contributed by atoms with Crippen LogP contribution >= 0.6 is 0 Å². The van der Waals surface area contributed by atoms with Gasteiger partial charge in [0.1, 0.15) is 5.75 Å². The van der Waals surface area contributed by atoms with Gasteiger partial charge in [0.25, 0.3) is 0 Å². The van der Waals surface area contributed by atoms with Crippen molar-refractivity contribution in [3.05, 3.63) is 108 Å². The van der Waals surface area contributed by atoms with E-state index in [1.54, 1.807) is 6.20 Å². The molecule has 1 atom stereocenters. The molecule has 4 rings (SSSR count). The fourth-order valence-corrected chi connectivity index (χ4v) is 3.89. The Bertz CT molecular complexity index is 1190. The summed E-state index contributed by atoms with van der Waals surface area (Å²) in [4.78, 5) is 21.3. The van der Waals surface area contributed by atoms with E-state index in [1.807, 2.05) is 98.8 Å². The van der Waals surface area contributed by atoms with Crippen LogP contribution in [0.2, 0.25) is 0 Å². The summed E-state index contributed by atoms with van der Waals surface area (Å²) in [6, 6.07) is 26.5. The summed E-state index contributed by atoms with van der Waals surface area (Å²) in [7, 11) is 0. The van der Waals surface area contributed by atoms with Crippen LogP contribution < -0.4 is 9.47 Å². The van der Waals surface area contributed by atoms with E-state index in [1.165, 1.54) is 0 Å². The van der Waals surface area contributed by atoms with Gasteiger partial charge in [-0.3, -0.25) is 0 Å². The van der Waals surface area contributed by atoms with E-state index in [0.717, 1.165) is 28.0 Å². The molecule has 0 spiro atoms. The first-order valence-electron chi connectivity index (χ1n) is 11.1. The Morgan fingerprint density at radius 1 is 0.912 bits per heavy atom. The van der Waals surface area contributed by atoms with Gasteiger partial charge in [-0.1, -0.05) is 60.7 Å². The molecule has 0 amide bonds. The summed E-state index contributed by atoms with van der Waals surface area (Å²) < 4.78 is 11.5. The van der Waals surface area contributed by atoms with Crippen molar-refractivity contribution in [1.29, 1.82) is 0 Å². The molecule has 0 saturated heterocycles. The second-order valence-corrected chi connectivity index (χ2v) is 7.82. The first-order chi connectivity index (χ1) is 16.6. The van der Waals surface area contributed by atoms with Crippen LogP contribution in [-0.4, -0.2) is 33.8 Å². The number of carboxylic acid groups (broad SMARTS) is 1. The summed E-state index contributed by atoms with van der Waals surface area (Å²) in [5.41, 5.74) is 4.06. The van der Waals surface area contributed by atoms with Crippen molar-refractivity contribution in [3.63, 3.8) is 0 Å². The molecule has 0 fully saturated rings. The van der Waals surface area contributed by atoms with Gasteiger partial charge in [-0.2, -0.15) is 4.98 Å². The molecular formula is C28H26N2O4. The number of hydrogen-bond donors (Lipinski definition) is 1. The van der Waals surface area contributed by atoms with Crippen LogP contribution in [0.5, 0.6) is 11.8 Å². The number of aromatic nitrogens is 2. The van der Waals surface area contributed by atoms with Gasteiger partial charge in [0.15, 0.2) is 0 Å². The lowest BCUT2D eigenvalue weighted by molar-refractivity contribution is -0.146. The molecule has 6 heteroatoms. The molecule has 172 valence electrons. The molecule has 4 aromatic rings. The first kappa shape index (κ1) is 23.0. The van der Waals surface area contributed by atoms with Crippen molar-refractivity contribution in [1.82, 2.24) is 9.97 Å². The maximum atomic E-state index is 12.4. The third-order valence-corrected chi connectivity index (χ3v) is 5.48. The molecule has 1 N–H and O–H groups in total. The average molecular weight is 455 g/mol. The molecule has 0 aliphatic carbocycles. The highest BCUT2D eigenvalue weighted by atomic mass is 16.5. The van der Waals surface area contributed by atoms with E-state index < -0.39 is 18.0 Å². The summed E-state index contributed by atoms with van der Waals surface area (Å²) in [6.07, 6.45) is 0.424. The van der Waals surface area contributed by atoms with Crippen LogP contribution in [0, 0.1) is 6.92 Å². The second-order valence-electron chi connectivity index (χ2n) is 7.82. The van der Waals surface area contributed by atoms with E-state index in [0.29, 0.717) is 12.3 Å². The molecular weight excluding hydrogens is 428 g/mol. The van der Waals surface area contributed by atoms with Gasteiger partial charge in [-0.15, -0.1) is 0 Å². The number of hydrogen-bond acceptors (Lipinski definition) is 5. The van der Waals surface area contributed by atoms with Gasteiger partial charge in [0.05, 0.1) is 18.2 Å². The van der Waals surface area contributed by atoms with E-state index in [4.69, 9.17) is 9.47 Å². The topological polar surface area (TPSA) is 81.5 Å². The Labute approximate surface area is 198 Å². The minimum atomic E-state index is -1.22. The summed E-state index contributed by atoms with van der Waals surface area (Å²) in [6.45, 7) is 4.43. The lowest BCUT2D eigenvalue weighted by atomic mass is 9.86. The summed E-state index contributed by atoms with van der Waals surface area (Å²) >= 11 is 0. The molecule has 1 aromatic heterocycles. The highest BCUT2D eigenvalue weighted by Crippen LogP contribution is 2.31. The average Bonchev–Trinajstić information content (AvgIpc) is 2.87. The lowest BCUT2D eigenvalue weighted by Crippen LogP contribution is -2.35. The predicted octanol–water partition coefficient (Wildman–Crippen LogP) is 5.51. The number of rotatable bonds is 9. The Morgan fingerprint density at radius 3 is 2.03 bits per heavy atom. The van der Waals surface area contributed by atoms with Crippen molar-refractivity contribution in [2.24, 2.45) is 0 Å². The number of carboxylic acids is 1. The zero-order valence-electron chi connectivity index (χ0n) is 19.1. The van der Waals surface area contributed by atoms with E-state index in [2.05, 4.69) is 9.97 Å². The number of aryl methyl sites for hydroxylation is 1. The highest BCUT2D eigenvalue weighted by molar-refractivity contribution is 5.75. The first-order valence-corrected chi connectivity index (χ1v) is 11.1. The molecule has 34 heavy (non-hydrogen) atoms. The van der Waals surface area contributed by atoms with Crippen molar-refractivity contribution < 1.29 is 19.4 Å². The maximum Gasteiger partial charge on any atom is 0.346 e. The summed E-state index contributed by atoms with van der Waals surface area (Å²) in [5, 5.41) is 10.2. The summed E-state index contributed by atoms with van der Waals surface area (Å²) in [5.74, 6) is -0.864. The van der Waals surface area contributed by atoms with Crippen LogP contribution in [0.15, 0.2) is 91.1 Å². The van der Waals surface area contributed by atoms with Gasteiger partial charge in [-0.05, 0) is 54.8 Å². The number of carbonyl (C=O) groups is 1. The monoisotopic (exact) mass is 454 g/mol. The third kappa shape index (κ3) is 5.23. The molecule has 1 heterocycles. The van der Waals surface area contributed by atoms with Crippen molar-refractivity contribution in [2.45, 2.75) is 25.9 Å². The smallest absolute Gasteiger partial charge is 0.346 e. The normalized spacial score (nSPS) is 11.7. The Kier molecular flexibility index (Phi) is 7.18. The molecule has 0 bridgehead atoms. The van der Waals surface area contributed by atoms with Crippen molar-refractivity contribution in [3.8, 4) is 23.0 Å². The van der Waals surface area contributed by atoms with Crippen LogP contribution in [0.4, 0.5) is 0 Å². The Morgan fingerprint density at radius 2 is 1.50 bits per heavy atom. The van der Waals surface area contributed by atoms with Crippen LogP contribution in [0.25, 0.3) is 11.3 Å². The number of aliphatic carboxylic acids is 1. The zero-order valence-corrected chi connectivity index (χ0v) is 19.1. The standard InChI is InChI=1S/C28H26N2O4/c1-3-33-23-16-14-22(15-17-23)25-19(2)18-29-28(30-25)34-26(27(31)32)24(20-10-6-4-7-11-20)21-12-8-5-9-13-21/h4-18,24,26H,3H2,1-2H3,(H,31,32). The van der Waals surface area contributed by atoms with Gasteiger partial charge in [0, 0.05) is 11.8 Å². The minimum absolute atomic E-state index is 0.0127. The fourth-order valence-electron chi connectivity index (χ4n) is 3.89. The van der Waals surface area contributed by atoms with E-state index in [9.17, 15) is 9.90 Å². The molecule has 0 aliphatic heterocycles. The number of benzene rings is 3. The quantitative estimate of drug-likeness (QED) is 0.359. The van der Waals surface area contributed by atoms with Crippen molar-refractivity contribution in [2.75, 3.05) is 6.61 Å². The van der Waals surface area contributed by atoms with Gasteiger partial charge in [-0.25, -0.2) is 9.78 Å². The molecule has 0 aliphatic rings. The maximum absolute atomic E-state index is 12.4. The number of ether oxygens (including phenoxy) is 2. The minimum Gasteiger partial charge on any atom is -0.494 e. The lowest BCUT2D eigenvalue weighted by Gasteiger charge is -2.25. The molecule has 6 nitrogen and oxygen atoms in total. The van der Waals surface area contributed by atoms with Gasteiger partial charge < -0.3 is 14.6 Å². The van der Waals surface area contributed by atoms with Crippen molar-refractivity contribution >= 4 is 5.97 Å². The van der Waals surface area contributed by atoms with E-state index in [-0.39, 0.29) is 6.01 Å². The molecule has 3 aromatic carbocycles. The fraction of sp³-hybridized carbons (Fsp3) is 0.179. The highest BCUT2D eigenvalue weighted by Gasteiger charge is 2.34. The molecule has 0 radical (unpaired) electrons. The van der Waals surface area contributed by atoms with Gasteiger partial charge in [0.2, 0.25) is 6.10 Å². The Balaban J connectivity index is 1.70. The molecule has 0 saturated carbocycles. The SMILES string of the molecule is CCOc1ccc(-c2nc(OC(C(=O)O)C(c3ccccc3)c3ccccc3)ncc2C)cc1. The van der Waals surface area contributed by atoms with E-state index >= 15 is 0 Å². The largest absolute Gasteiger partial charge is 0.494 e. The predicted molar refractivity (Wildman–Crippen MR) is 130 cm³/mol. The second kappa shape index (κ2) is 10.6. The van der Waals surface area contributed by atoms with Crippen LogP contribution in [0.1, 0.15) is 29.5 Å². The zero-order chi connectivity index (χ0) is 23.9. The third-order valence-electron chi connectivity index (χ3n) is 5.48. The number of nitrogens with zero attached hydrogens (tertiary/aromatic N) is 2. The molecule has 1 unspecified atom stereocenters. The van der Waals surface area contributed by atoms with Crippen LogP contribution in [0.3, 0.4) is 0 Å². The Hall–Kier alpha value is -4.19. The van der Waals surface area contributed by atoms with Gasteiger partial charge >= 0.3 is 12.0 Å².